The van der Waals surface area contributed by atoms with E-state index in [0.717, 1.165) is 12.8 Å². The minimum Gasteiger partial charge on any atom is -0.480 e. The van der Waals surface area contributed by atoms with E-state index in [0.29, 0.717) is 23.0 Å². The van der Waals surface area contributed by atoms with E-state index in [4.69, 9.17) is 0 Å². The van der Waals surface area contributed by atoms with Crippen LogP contribution in [0.15, 0.2) is 29.6 Å². The Kier molecular flexibility index (Phi) is 4.06. The maximum Gasteiger partial charge on any atom is 0.326 e. The van der Waals surface area contributed by atoms with Gasteiger partial charge in [0, 0.05) is 6.20 Å². The molecule has 2 aromatic rings. The summed E-state index contributed by atoms with van der Waals surface area (Å²) in [6, 6.07) is 4.65. The fourth-order valence-corrected chi connectivity index (χ4v) is 2.99. The van der Waals surface area contributed by atoms with Gasteiger partial charge in [0.1, 0.15) is 6.04 Å². The summed E-state index contributed by atoms with van der Waals surface area (Å²) >= 11 is 1.44. The van der Waals surface area contributed by atoms with Gasteiger partial charge in [-0.25, -0.2) is 9.78 Å². The van der Waals surface area contributed by atoms with Crippen molar-refractivity contribution in [2.75, 3.05) is 6.26 Å². The SMILES string of the molecule is CSc1nc(C(=O)NC(CC2CC2)C(=O)O)c2ccccn12. The average Bonchev–Trinajstić information content (AvgIpc) is 3.24. The minimum atomic E-state index is -0.992. The number of aromatic nitrogens is 2. The number of thioether (sulfide) groups is 1. The lowest BCUT2D eigenvalue weighted by Crippen LogP contribution is -2.41. The number of fused-ring (bicyclic) bond motifs is 1. The second kappa shape index (κ2) is 6.00. The van der Waals surface area contributed by atoms with E-state index >= 15 is 0 Å². The van der Waals surface area contributed by atoms with Crippen LogP contribution < -0.4 is 5.32 Å². The van der Waals surface area contributed by atoms with Crippen molar-refractivity contribution in [3.8, 4) is 0 Å². The van der Waals surface area contributed by atoms with Crippen LogP contribution in [0, 0.1) is 5.92 Å². The molecule has 0 bridgehead atoms. The molecule has 3 rings (SSSR count). The normalized spacial score (nSPS) is 15.7. The van der Waals surface area contributed by atoms with Gasteiger partial charge < -0.3 is 10.4 Å². The number of nitrogens with one attached hydrogen (secondary N) is 1. The Morgan fingerprint density at radius 3 is 2.91 bits per heavy atom. The second-order valence-electron chi connectivity index (χ2n) is 5.45. The molecule has 2 aromatic heterocycles. The molecule has 0 aliphatic heterocycles. The zero-order chi connectivity index (χ0) is 15.7. The number of imidazole rings is 1. The van der Waals surface area contributed by atoms with Gasteiger partial charge >= 0.3 is 5.97 Å². The van der Waals surface area contributed by atoms with Crippen molar-refractivity contribution in [3.63, 3.8) is 0 Å². The van der Waals surface area contributed by atoms with Crippen LogP contribution in [0.25, 0.3) is 5.52 Å². The molecule has 1 saturated carbocycles. The highest BCUT2D eigenvalue weighted by Crippen LogP contribution is 2.33. The maximum absolute atomic E-state index is 12.4. The number of hydrogen-bond acceptors (Lipinski definition) is 4. The number of hydrogen-bond donors (Lipinski definition) is 2. The zero-order valence-corrected chi connectivity index (χ0v) is 13.0. The van der Waals surface area contributed by atoms with Crippen LogP contribution in [-0.4, -0.2) is 38.7 Å². The number of pyridine rings is 1. The predicted molar refractivity (Wildman–Crippen MR) is 83.2 cm³/mol. The van der Waals surface area contributed by atoms with E-state index < -0.39 is 17.9 Å². The van der Waals surface area contributed by atoms with Crippen LogP contribution in [0.4, 0.5) is 0 Å². The topological polar surface area (TPSA) is 83.7 Å². The van der Waals surface area contributed by atoms with Crippen LogP contribution in [-0.2, 0) is 4.79 Å². The molecule has 1 unspecified atom stereocenters. The third-order valence-electron chi connectivity index (χ3n) is 3.78. The summed E-state index contributed by atoms with van der Waals surface area (Å²) in [5.74, 6) is -1.01. The third-order valence-corrected chi connectivity index (χ3v) is 4.44. The molecule has 0 aromatic carbocycles. The first kappa shape index (κ1) is 14.9. The van der Waals surface area contributed by atoms with Crippen molar-refractivity contribution in [2.24, 2.45) is 5.92 Å². The molecule has 7 heteroatoms. The van der Waals surface area contributed by atoms with Crippen LogP contribution in [0.5, 0.6) is 0 Å². The summed E-state index contributed by atoms with van der Waals surface area (Å²) in [5, 5.41) is 12.6. The lowest BCUT2D eigenvalue weighted by atomic mass is 10.1. The molecule has 22 heavy (non-hydrogen) atoms. The lowest BCUT2D eigenvalue weighted by Gasteiger charge is -2.13. The Labute approximate surface area is 131 Å². The summed E-state index contributed by atoms with van der Waals surface area (Å²) in [7, 11) is 0. The second-order valence-corrected chi connectivity index (χ2v) is 6.22. The number of carboxylic acids is 1. The lowest BCUT2D eigenvalue weighted by molar-refractivity contribution is -0.139. The molecule has 1 atom stereocenters. The molecule has 2 heterocycles. The fraction of sp³-hybridized carbons (Fsp3) is 0.400. The van der Waals surface area contributed by atoms with Crippen LogP contribution in [0.2, 0.25) is 0 Å². The Morgan fingerprint density at radius 2 is 2.27 bits per heavy atom. The highest BCUT2D eigenvalue weighted by Gasteiger charge is 2.31. The summed E-state index contributed by atoms with van der Waals surface area (Å²) in [4.78, 5) is 28.1. The molecule has 6 nitrogen and oxygen atoms in total. The van der Waals surface area contributed by atoms with Gasteiger partial charge in [0.2, 0.25) is 0 Å². The van der Waals surface area contributed by atoms with E-state index in [1.54, 1.807) is 6.07 Å². The number of rotatable bonds is 6. The Hall–Kier alpha value is -2.02. The highest BCUT2D eigenvalue weighted by molar-refractivity contribution is 7.98. The summed E-state index contributed by atoms with van der Waals surface area (Å²) < 4.78 is 1.83. The summed E-state index contributed by atoms with van der Waals surface area (Å²) in [6.07, 6.45) is 6.30. The first-order chi connectivity index (χ1) is 10.6. The molecular formula is C15H17N3O3S. The smallest absolute Gasteiger partial charge is 0.326 e. The van der Waals surface area contributed by atoms with Gasteiger partial charge in [-0.05, 0) is 30.7 Å². The Balaban J connectivity index is 1.86. The van der Waals surface area contributed by atoms with E-state index in [1.165, 1.54) is 11.8 Å². The molecule has 1 aliphatic rings. The number of aliphatic carboxylic acids is 1. The van der Waals surface area contributed by atoms with Crippen molar-refractivity contribution in [3.05, 3.63) is 30.1 Å². The zero-order valence-electron chi connectivity index (χ0n) is 12.2. The molecule has 0 spiro atoms. The van der Waals surface area contributed by atoms with Crippen molar-refractivity contribution < 1.29 is 14.7 Å². The van der Waals surface area contributed by atoms with E-state index in [1.807, 2.05) is 29.0 Å². The number of carbonyl (C=O) groups is 2. The molecule has 1 fully saturated rings. The largest absolute Gasteiger partial charge is 0.480 e. The average molecular weight is 319 g/mol. The van der Waals surface area contributed by atoms with Crippen molar-refractivity contribution in [2.45, 2.75) is 30.5 Å². The van der Waals surface area contributed by atoms with Gasteiger partial charge in [0.25, 0.3) is 5.91 Å². The third kappa shape index (κ3) is 2.94. The van der Waals surface area contributed by atoms with Crippen molar-refractivity contribution in [1.29, 1.82) is 0 Å². The van der Waals surface area contributed by atoms with Crippen LogP contribution in [0.3, 0.4) is 0 Å². The van der Waals surface area contributed by atoms with Crippen LogP contribution in [0.1, 0.15) is 29.8 Å². The van der Waals surface area contributed by atoms with Crippen LogP contribution >= 0.6 is 11.8 Å². The summed E-state index contributed by atoms with van der Waals surface area (Å²) in [6.45, 7) is 0. The number of amides is 1. The summed E-state index contributed by atoms with van der Waals surface area (Å²) in [5.41, 5.74) is 0.951. The standard InChI is InChI=1S/C15H17N3O3S/c1-22-15-17-12(11-4-2-3-7-18(11)15)13(19)16-10(14(20)21)8-9-5-6-9/h2-4,7,9-10H,5-6,8H2,1H3,(H,16,19)(H,20,21). The first-order valence-corrected chi connectivity index (χ1v) is 8.37. The molecule has 116 valence electrons. The van der Waals surface area contributed by atoms with E-state index in [2.05, 4.69) is 10.3 Å². The quantitative estimate of drug-likeness (QED) is 0.796. The molecular weight excluding hydrogens is 302 g/mol. The van der Waals surface area contributed by atoms with E-state index in [9.17, 15) is 14.7 Å². The fourth-order valence-electron chi connectivity index (χ4n) is 2.46. The van der Waals surface area contributed by atoms with Gasteiger partial charge in [-0.2, -0.15) is 0 Å². The number of nitrogens with zero attached hydrogens (tertiary/aromatic N) is 2. The first-order valence-electron chi connectivity index (χ1n) is 7.15. The minimum absolute atomic E-state index is 0.270. The molecule has 1 aliphatic carbocycles. The maximum atomic E-state index is 12.4. The van der Waals surface area contributed by atoms with Crippen molar-refractivity contribution >= 4 is 29.2 Å². The predicted octanol–water partition coefficient (Wildman–Crippen LogP) is 2.04. The molecule has 0 radical (unpaired) electrons. The Bertz CT molecular complexity index is 724. The number of carbonyl (C=O) groups excluding carboxylic acids is 1. The molecule has 2 N–H and O–H groups in total. The number of carboxylic acid groups (broad SMARTS) is 1. The van der Waals surface area contributed by atoms with Gasteiger partial charge in [-0.3, -0.25) is 9.20 Å². The van der Waals surface area contributed by atoms with Gasteiger partial charge in [-0.1, -0.05) is 30.7 Å². The van der Waals surface area contributed by atoms with Gasteiger partial charge in [0.05, 0.1) is 5.52 Å². The van der Waals surface area contributed by atoms with Crippen molar-refractivity contribution in [1.82, 2.24) is 14.7 Å². The van der Waals surface area contributed by atoms with Gasteiger partial charge in [0.15, 0.2) is 10.9 Å². The monoisotopic (exact) mass is 319 g/mol. The van der Waals surface area contributed by atoms with Gasteiger partial charge in [-0.15, -0.1) is 0 Å². The Morgan fingerprint density at radius 1 is 1.50 bits per heavy atom. The molecule has 0 saturated heterocycles. The molecule has 1 amide bonds. The van der Waals surface area contributed by atoms with E-state index in [-0.39, 0.29) is 5.69 Å². The highest BCUT2D eigenvalue weighted by atomic mass is 32.2.